The summed E-state index contributed by atoms with van der Waals surface area (Å²) < 4.78 is 3.48. The Morgan fingerprint density at radius 2 is 2.00 bits per heavy atom. The van der Waals surface area contributed by atoms with E-state index in [1.54, 1.807) is 16.9 Å². The minimum atomic E-state index is -0.0264. The summed E-state index contributed by atoms with van der Waals surface area (Å²) in [5, 5.41) is 12.4. The highest BCUT2D eigenvalue weighted by Crippen LogP contribution is 2.26. The van der Waals surface area contributed by atoms with Crippen LogP contribution in [0.2, 0.25) is 0 Å². The summed E-state index contributed by atoms with van der Waals surface area (Å²) >= 11 is 0. The van der Waals surface area contributed by atoms with Gasteiger partial charge in [-0.25, -0.2) is 9.50 Å². The Morgan fingerprint density at radius 1 is 1.13 bits per heavy atom. The fourth-order valence-electron chi connectivity index (χ4n) is 4.04. The number of fused-ring (bicyclic) bond motifs is 1. The third kappa shape index (κ3) is 4.14. The second-order valence-electron chi connectivity index (χ2n) is 7.99. The lowest BCUT2D eigenvalue weighted by atomic mass is 9.97. The van der Waals surface area contributed by atoms with Gasteiger partial charge in [0.05, 0.1) is 11.9 Å². The van der Waals surface area contributed by atoms with Gasteiger partial charge in [0.25, 0.3) is 5.91 Å². The number of amides is 1. The van der Waals surface area contributed by atoms with Crippen molar-refractivity contribution in [2.24, 2.45) is 7.05 Å². The number of hydrogen-bond donors (Lipinski definition) is 1. The maximum absolute atomic E-state index is 12.8. The van der Waals surface area contributed by atoms with Crippen molar-refractivity contribution in [1.29, 1.82) is 0 Å². The number of likely N-dealkylation sites (tertiary alicyclic amines) is 1. The number of piperidine rings is 1. The molecule has 8 nitrogen and oxygen atoms in total. The number of carbonyl (C=O) groups excluding carboxylic acids is 1. The van der Waals surface area contributed by atoms with Crippen LogP contribution in [0.5, 0.6) is 0 Å². The Labute approximate surface area is 180 Å². The van der Waals surface area contributed by atoms with E-state index in [-0.39, 0.29) is 11.8 Å². The molecule has 1 aliphatic rings. The van der Waals surface area contributed by atoms with E-state index >= 15 is 0 Å². The molecule has 1 unspecified atom stereocenters. The minimum absolute atomic E-state index is 0.0264. The van der Waals surface area contributed by atoms with Crippen LogP contribution in [0.25, 0.3) is 5.65 Å². The third-order valence-corrected chi connectivity index (χ3v) is 5.69. The molecule has 158 valence electrons. The average molecular weight is 416 g/mol. The van der Waals surface area contributed by atoms with Gasteiger partial charge < -0.3 is 10.2 Å². The number of aromatic nitrogens is 5. The minimum Gasteiger partial charge on any atom is -0.380 e. The first-order valence-corrected chi connectivity index (χ1v) is 10.6. The van der Waals surface area contributed by atoms with Crippen LogP contribution in [-0.4, -0.2) is 48.3 Å². The molecular formula is C23H25N7O. The van der Waals surface area contributed by atoms with Crippen LogP contribution in [0.4, 0.5) is 5.69 Å². The highest BCUT2D eigenvalue weighted by Gasteiger charge is 2.29. The Hall–Kier alpha value is -3.68. The monoisotopic (exact) mass is 415 g/mol. The van der Waals surface area contributed by atoms with Gasteiger partial charge in [-0.05, 0) is 36.6 Å². The zero-order chi connectivity index (χ0) is 21.2. The zero-order valence-corrected chi connectivity index (χ0v) is 17.5. The summed E-state index contributed by atoms with van der Waals surface area (Å²) in [6, 6.07) is 16.0. The topological polar surface area (TPSA) is 80.4 Å². The van der Waals surface area contributed by atoms with E-state index in [1.807, 2.05) is 53.0 Å². The molecule has 8 heteroatoms. The molecule has 1 N–H and O–H groups in total. The normalized spacial score (nSPS) is 16.5. The molecule has 0 radical (unpaired) electrons. The number of aryl methyl sites for hydroxylation is 1. The first-order valence-electron chi connectivity index (χ1n) is 10.6. The Balaban J connectivity index is 1.29. The van der Waals surface area contributed by atoms with Gasteiger partial charge in [0.2, 0.25) is 0 Å². The lowest BCUT2D eigenvalue weighted by molar-refractivity contribution is 0.0698. The Bertz CT molecular complexity index is 1200. The van der Waals surface area contributed by atoms with Gasteiger partial charge in [-0.2, -0.15) is 10.2 Å². The van der Waals surface area contributed by atoms with E-state index < -0.39 is 0 Å². The number of carbonyl (C=O) groups is 1. The number of pyridine rings is 1. The molecule has 3 aromatic heterocycles. The van der Waals surface area contributed by atoms with E-state index in [9.17, 15) is 4.79 Å². The van der Waals surface area contributed by atoms with Gasteiger partial charge in [0.15, 0.2) is 11.5 Å². The molecule has 31 heavy (non-hydrogen) atoms. The second kappa shape index (κ2) is 8.22. The molecule has 1 aliphatic heterocycles. The number of nitrogens with one attached hydrogen (secondary N) is 1. The summed E-state index contributed by atoms with van der Waals surface area (Å²) in [7, 11) is 1.82. The molecule has 0 saturated carbocycles. The van der Waals surface area contributed by atoms with Crippen LogP contribution in [0.1, 0.15) is 40.6 Å². The number of rotatable bonds is 5. The van der Waals surface area contributed by atoms with Crippen LogP contribution in [0, 0.1) is 0 Å². The van der Waals surface area contributed by atoms with Gasteiger partial charge in [-0.1, -0.05) is 30.3 Å². The van der Waals surface area contributed by atoms with E-state index in [1.165, 1.54) is 5.56 Å². The molecular weight excluding hydrogens is 390 g/mol. The predicted molar refractivity (Wildman–Crippen MR) is 118 cm³/mol. The molecule has 5 rings (SSSR count). The van der Waals surface area contributed by atoms with Crippen molar-refractivity contribution in [2.45, 2.75) is 25.3 Å². The maximum atomic E-state index is 12.8. The molecule has 1 aromatic carbocycles. The fourth-order valence-corrected chi connectivity index (χ4v) is 4.04. The quantitative estimate of drug-likeness (QED) is 0.542. The van der Waals surface area contributed by atoms with Gasteiger partial charge in [-0.15, -0.1) is 0 Å². The fraction of sp³-hybridized carbons (Fsp3) is 0.304. The van der Waals surface area contributed by atoms with Crippen molar-refractivity contribution in [1.82, 2.24) is 29.3 Å². The average Bonchev–Trinajstić information content (AvgIpc) is 3.44. The molecule has 0 aliphatic carbocycles. The Kier molecular flexibility index (Phi) is 5.11. The summed E-state index contributed by atoms with van der Waals surface area (Å²) in [6.45, 7) is 2.11. The summed E-state index contributed by atoms with van der Waals surface area (Å²) in [6.07, 6.45) is 5.67. The largest absolute Gasteiger partial charge is 0.380 e. The van der Waals surface area contributed by atoms with Crippen molar-refractivity contribution in [3.05, 3.63) is 78.0 Å². The molecule has 0 spiro atoms. The third-order valence-electron chi connectivity index (χ3n) is 5.69. The van der Waals surface area contributed by atoms with E-state index in [0.717, 1.165) is 43.1 Å². The van der Waals surface area contributed by atoms with Gasteiger partial charge >= 0.3 is 0 Å². The van der Waals surface area contributed by atoms with Gasteiger partial charge in [-0.3, -0.25) is 9.48 Å². The lowest BCUT2D eigenvalue weighted by Gasteiger charge is -2.30. The van der Waals surface area contributed by atoms with Crippen molar-refractivity contribution < 1.29 is 4.79 Å². The highest BCUT2D eigenvalue weighted by molar-refractivity contribution is 5.92. The van der Waals surface area contributed by atoms with Crippen LogP contribution >= 0.6 is 0 Å². The van der Waals surface area contributed by atoms with Gasteiger partial charge in [0, 0.05) is 38.8 Å². The second-order valence-corrected chi connectivity index (χ2v) is 7.99. The first-order chi connectivity index (χ1) is 15.2. The summed E-state index contributed by atoms with van der Waals surface area (Å²) in [4.78, 5) is 19.4. The van der Waals surface area contributed by atoms with Crippen LogP contribution < -0.4 is 5.32 Å². The van der Waals surface area contributed by atoms with Gasteiger partial charge in [0.1, 0.15) is 5.69 Å². The predicted octanol–water partition coefficient (Wildman–Crippen LogP) is 3.09. The van der Waals surface area contributed by atoms with Crippen LogP contribution in [0.15, 0.2) is 60.9 Å². The Morgan fingerprint density at radius 3 is 2.81 bits per heavy atom. The van der Waals surface area contributed by atoms with E-state index in [4.69, 9.17) is 10.1 Å². The molecule has 1 atom stereocenters. The number of hydrogen-bond acceptors (Lipinski definition) is 5. The molecule has 4 aromatic rings. The van der Waals surface area contributed by atoms with Crippen molar-refractivity contribution in [3.8, 4) is 0 Å². The molecule has 0 bridgehead atoms. The summed E-state index contributed by atoms with van der Waals surface area (Å²) in [5.74, 6) is 0.891. The molecule has 1 saturated heterocycles. The SMILES string of the molecule is Cn1ccc(C(=O)N2CCCC(c3nc4ccc(NCc5ccccc5)cn4n3)C2)n1. The van der Waals surface area contributed by atoms with Crippen LogP contribution in [-0.2, 0) is 13.6 Å². The molecule has 1 amide bonds. The van der Waals surface area contributed by atoms with Crippen LogP contribution in [0.3, 0.4) is 0 Å². The number of nitrogens with zero attached hydrogens (tertiary/aromatic N) is 6. The highest BCUT2D eigenvalue weighted by atomic mass is 16.2. The lowest BCUT2D eigenvalue weighted by Crippen LogP contribution is -2.39. The zero-order valence-electron chi connectivity index (χ0n) is 17.5. The maximum Gasteiger partial charge on any atom is 0.274 e. The summed E-state index contributed by atoms with van der Waals surface area (Å²) in [5.41, 5.74) is 3.51. The molecule has 1 fully saturated rings. The smallest absolute Gasteiger partial charge is 0.274 e. The molecule has 4 heterocycles. The number of anilines is 1. The first kappa shape index (κ1) is 19.3. The van der Waals surface area contributed by atoms with Crippen molar-refractivity contribution >= 4 is 17.2 Å². The standard InChI is InChI=1S/C23H25N7O/c1-28-13-11-20(26-28)23(31)29-12-5-8-18(15-29)22-25-21-10-9-19(16-30(21)27-22)24-14-17-6-3-2-4-7-17/h2-4,6-7,9-11,13,16,18,24H,5,8,12,14-15H2,1H3. The number of benzene rings is 1. The van der Waals surface area contributed by atoms with E-state index in [2.05, 4.69) is 22.5 Å². The van der Waals surface area contributed by atoms with E-state index in [0.29, 0.717) is 12.2 Å². The van der Waals surface area contributed by atoms with Crippen molar-refractivity contribution in [2.75, 3.05) is 18.4 Å². The van der Waals surface area contributed by atoms with Crippen molar-refractivity contribution in [3.63, 3.8) is 0 Å².